The Balaban J connectivity index is 1.46. The van der Waals surface area contributed by atoms with Crippen LogP contribution in [0, 0.1) is 18.3 Å². The minimum atomic E-state index is -3.96. The van der Waals surface area contributed by atoms with Gasteiger partial charge in [-0.2, -0.15) is 0 Å². The first-order valence-electron chi connectivity index (χ1n) is 17.2. The molecule has 2 aliphatic rings. The Morgan fingerprint density at radius 1 is 1.00 bits per heavy atom. The summed E-state index contributed by atoms with van der Waals surface area (Å²) in [7, 11) is -0.752. The minimum absolute atomic E-state index is 0.00855. The molecule has 9 heteroatoms. The third-order valence-electron chi connectivity index (χ3n) is 10.6. The molecule has 0 spiro atoms. The van der Waals surface area contributed by atoms with E-state index in [1.54, 1.807) is 26.4 Å². The molecule has 266 valence electrons. The van der Waals surface area contributed by atoms with Crippen LogP contribution in [0.25, 0.3) is 23.1 Å². The van der Waals surface area contributed by atoms with E-state index in [2.05, 4.69) is 26.8 Å². The zero-order valence-electron chi connectivity index (χ0n) is 30.4. The van der Waals surface area contributed by atoms with E-state index in [4.69, 9.17) is 18.9 Å². The predicted octanol–water partition coefficient (Wildman–Crippen LogP) is 8.35. The van der Waals surface area contributed by atoms with Gasteiger partial charge in [0, 0.05) is 30.5 Å². The third kappa shape index (κ3) is 6.59. The molecular formula is C41H49NO7S. The van der Waals surface area contributed by atoms with Crippen molar-refractivity contribution in [1.82, 2.24) is 3.97 Å². The van der Waals surface area contributed by atoms with Crippen LogP contribution in [0.4, 0.5) is 0 Å². The second-order valence-corrected chi connectivity index (χ2v) is 16.6. The number of benzene rings is 3. The Bertz CT molecular complexity index is 2070. The molecule has 1 aromatic heterocycles. The number of fused-ring (bicyclic) bond motifs is 3. The van der Waals surface area contributed by atoms with E-state index in [0.29, 0.717) is 40.9 Å². The third-order valence-corrected chi connectivity index (χ3v) is 12.3. The number of aliphatic hydroxyl groups excluding tert-OH is 1. The lowest BCUT2D eigenvalue weighted by Gasteiger charge is -2.55. The van der Waals surface area contributed by atoms with Crippen molar-refractivity contribution in [2.75, 3.05) is 21.0 Å². The van der Waals surface area contributed by atoms with Crippen LogP contribution in [0.3, 0.4) is 0 Å². The second kappa shape index (κ2) is 13.6. The van der Waals surface area contributed by atoms with E-state index in [-0.39, 0.29) is 23.0 Å². The van der Waals surface area contributed by atoms with Crippen LogP contribution in [0.2, 0.25) is 0 Å². The minimum Gasteiger partial charge on any atom is -0.493 e. The van der Waals surface area contributed by atoms with Gasteiger partial charge in [0.25, 0.3) is 10.0 Å². The van der Waals surface area contributed by atoms with Crippen molar-refractivity contribution in [3.05, 3.63) is 94.2 Å². The molecule has 2 heterocycles. The number of allylic oxidation sites excluding steroid dienone is 2. The summed E-state index contributed by atoms with van der Waals surface area (Å²) in [5.41, 5.74) is 5.22. The lowest BCUT2D eigenvalue weighted by molar-refractivity contribution is -0.138. The number of hydrogen-bond acceptors (Lipinski definition) is 7. The fourth-order valence-electron chi connectivity index (χ4n) is 7.65. The molecule has 1 aliphatic heterocycles. The number of nitrogens with zero attached hydrogens (tertiary/aromatic N) is 1. The number of aryl methyl sites for hydroxylation is 1. The van der Waals surface area contributed by atoms with Crippen LogP contribution < -0.4 is 14.2 Å². The second-order valence-electron chi connectivity index (χ2n) is 14.8. The first-order valence-corrected chi connectivity index (χ1v) is 18.6. The van der Waals surface area contributed by atoms with Gasteiger partial charge < -0.3 is 24.1 Å². The summed E-state index contributed by atoms with van der Waals surface area (Å²) in [6.07, 6.45) is 8.24. The van der Waals surface area contributed by atoms with Crippen molar-refractivity contribution in [3.63, 3.8) is 0 Å². The molecule has 0 unspecified atom stereocenters. The molecular weight excluding hydrogens is 651 g/mol. The number of ether oxygens (including phenoxy) is 4. The van der Waals surface area contributed by atoms with Gasteiger partial charge in [0.15, 0.2) is 18.3 Å². The van der Waals surface area contributed by atoms with Crippen molar-refractivity contribution in [2.45, 2.75) is 83.8 Å². The summed E-state index contributed by atoms with van der Waals surface area (Å²) < 4.78 is 54.0. The fourth-order valence-corrected chi connectivity index (χ4v) is 9.18. The van der Waals surface area contributed by atoms with Gasteiger partial charge in [0.1, 0.15) is 11.4 Å². The topological polar surface area (TPSA) is 96.2 Å². The van der Waals surface area contributed by atoms with Crippen LogP contribution in [0.1, 0.15) is 75.4 Å². The lowest BCUT2D eigenvalue weighted by atomic mass is 9.57. The molecule has 1 N–H and O–H groups in total. The average Bonchev–Trinajstić information content (AvgIpc) is 3.46. The molecule has 1 saturated carbocycles. The first kappa shape index (κ1) is 35.8. The van der Waals surface area contributed by atoms with Crippen molar-refractivity contribution >= 4 is 33.1 Å². The van der Waals surface area contributed by atoms with Gasteiger partial charge in [-0.3, -0.25) is 0 Å². The molecule has 1 aliphatic carbocycles. The van der Waals surface area contributed by atoms with Gasteiger partial charge in [0.05, 0.1) is 23.6 Å². The zero-order valence-corrected chi connectivity index (χ0v) is 31.2. The van der Waals surface area contributed by atoms with Gasteiger partial charge >= 0.3 is 0 Å². The standard InChI is InChI=1S/C41H49NO7S/c1-26(2)9-14-31-24-33-34(42(31)50(44,45)32-15-10-27(3)11-16-32)20-29(21-35(33)48-25-46-7)13-12-28-19-30-23-37-40(4,5)38(43)17-18-41(37,6)49-39(30)36(22-28)47-8/h9-13,15-16,19-22,24,37-38,43H,14,17-18,23,25H2,1-8H3/b13-12+/t37-,38-,41-/m1/s1. The molecule has 3 aromatic carbocycles. The van der Waals surface area contributed by atoms with Crippen LogP contribution in [0.15, 0.2) is 71.1 Å². The number of rotatable bonds is 10. The van der Waals surface area contributed by atoms with Crippen molar-refractivity contribution in [1.29, 1.82) is 0 Å². The van der Waals surface area contributed by atoms with Gasteiger partial charge in [0.2, 0.25) is 0 Å². The number of hydrogen-bond donors (Lipinski definition) is 1. The van der Waals surface area contributed by atoms with Gasteiger partial charge in [-0.15, -0.1) is 0 Å². The molecule has 1 fully saturated rings. The van der Waals surface area contributed by atoms with Crippen molar-refractivity contribution < 1.29 is 32.5 Å². The summed E-state index contributed by atoms with van der Waals surface area (Å²) in [6.45, 7) is 12.4. The largest absolute Gasteiger partial charge is 0.493 e. The highest BCUT2D eigenvalue weighted by Crippen LogP contribution is 2.55. The summed E-state index contributed by atoms with van der Waals surface area (Å²) in [5, 5.41) is 11.6. The number of aliphatic hydroxyl groups is 1. The van der Waals surface area contributed by atoms with E-state index in [1.807, 2.05) is 75.4 Å². The molecule has 0 amide bonds. The average molecular weight is 700 g/mol. The van der Waals surface area contributed by atoms with E-state index < -0.39 is 21.7 Å². The smallest absolute Gasteiger partial charge is 0.268 e. The summed E-state index contributed by atoms with van der Waals surface area (Å²) >= 11 is 0. The highest BCUT2D eigenvalue weighted by atomic mass is 32.2. The lowest BCUT2D eigenvalue weighted by Crippen LogP contribution is -2.58. The fraction of sp³-hybridized carbons (Fsp3) is 0.415. The van der Waals surface area contributed by atoms with Crippen LogP contribution in [0.5, 0.6) is 17.2 Å². The molecule has 8 nitrogen and oxygen atoms in total. The summed E-state index contributed by atoms with van der Waals surface area (Å²) in [6, 6.07) is 16.7. The van der Waals surface area contributed by atoms with Gasteiger partial charge in [-0.05, 0) is 112 Å². The molecule has 50 heavy (non-hydrogen) atoms. The van der Waals surface area contributed by atoms with E-state index >= 15 is 0 Å². The molecule has 3 atom stereocenters. The van der Waals surface area contributed by atoms with Gasteiger partial charge in [-0.25, -0.2) is 12.4 Å². The maximum atomic E-state index is 14.3. The summed E-state index contributed by atoms with van der Waals surface area (Å²) in [4.78, 5) is 0.215. The SMILES string of the molecule is COCOc1cc(/C=C/c2cc3c(c(OC)c2)O[C@]2(C)CC[C@@H](O)C(C)(C)[C@H]2C3)cc2c1cc(CC=C(C)C)n2S(=O)(=O)c1ccc(C)cc1. The highest BCUT2D eigenvalue weighted by molar-refractivity contribution is 7.90. The normalized spacial score (nSPS) is 21.4. The Morgan fingerprint density at radius 3 is 2.34 bits per heavy atom. The number of methoxy groups -OCH3 is 2. The Labute approximate surface area is 296 Å². The Hall–Kier alpha value is -4.05. The zero-order chi connectivity index (χ0) is 36.0. The molecule has 4 aromatic rings. The van der Waals surface area contributed by atoms with Crippen LogP contribution in [-0.2, 0) is 27.6 Å². The monoisotopic (exact) mass is 699 g/mol. The summed E-state index contributed by atoms with van der Waals surface area (Å²) in [5.74, 6) is 2.07. The highest BCUT2D eigenvalue weighted by Gasteiger charge is 2.54. The molecule has 0 bridgehead atoms. The van der Waals surface area contributed by atoms with E-state index in [9.17, 15) is 13.5 Å². The number of aromatic nitrogens is 1. The molecule has 0 radical (unpaired) electrons. The van der Waals surface area contributed by atoms with Crippen LogP contribution in [-0.4, -0.2) is 50.2 Å². The Morgan fingerprint density at radius 2 is 1.68 bits per heavy atom. The molecule has 6 rings (SSSR count). The molecule has 0 saturated heterocycles. The van der Waals surface area contributed by atoms with E-state index in [1.165, 1.54) is 3.97 Å². The van der Waals surface area contributed by atoms with Crippen molar-refractivity contribution in [2.24, 2.45) is 11.3 Å². The van der Waals surface area contributed by atoms with E-state index in [0.717, 1.165) is 46.4 Å². The maximum absolute atomic E-state index is 14.3. The predicted molar refractivity (Wildman–Crippen MR) is 199 cm³/mol. The van der Waals surface area contributed by atoms with Gasteiger partial charge in [-0.1, -0.05) is 55.3 Å². The first-order chi connectivity index (χ1) is 23.7. The quantitative estimate of drug-likeness (QED) is 0.101. The maximum Gasteiger partial charge on any atom is 0.268 e. The van der Waals surface area contributed by atoms with Crippen LogP contribution >= 0.6 is 0 Å². The Kier molecular flexibility index (Phi) is 9.72. The van der Waals surface area contributed by atoms with Crippen molar-refractivity contribution in [3.8, 4) is 17.2 Å².